The molecule has 1 N–H and O–H groups in total. The number of amides is 1. The summed E-state index contributed by atoms with van der Waals surface area (Å²) in [4.78, 5) is 33.4. The fourth-order valence-electron chi connectivity index (χ4n) is 3.26. The van der Waals surface area contributed by atoms with Crippen LogP contribution in [-0.2, 0) is 11.3 Å². The lowest BCUT2D eigenvalue weighted by molar-refractivity contribution is -0.122. The van der Waals surface area contributed by atoms with Crippen molar-refractivity contribution in [3.8, 4) is 5.69 Å². The average molecular weight is 414 g/mol. The summed E-state index contributed by atoms with van der Waals surface area (Å²) in [7, 11) is 0. The Morgan fingerprint density at radius 2 is 1.97 bits per heavy atom. The van der Waals surface area contributed by atoms with Gasteiger partial charge in [0.25, 0.3) is 12.4 Å². The van der Waals surface area contributed by atoms with E-state index >= 15 is 0 Å². The number of carboxylic acid groups (broad SMARTS) is 1. The number of carbonyl (C=O) groups excluding carboxylic acids is 1. The number of imidazole rings is 1. The van der Waals surface area contributed by atoms with Gasteiger partial charge in [0.2, 0.25) is 0 Å². The molecule has 1 saturated heterocycles. The first-order chi connectivity index (χ1) is 14.2. The molecular weight excluding hydrogens is 390 g/mol. The standard InChI is InChI=1S/C19H21N5OS.CH2O2/c25-19(18-13-26-15-21-18)23-8-1-7-22(10-11-23)12-16-2-4-17(5-3-16)24-9-6-20-14-24;2-1-3/h2-6,9,13-15H,1,7-8,10-12H2;1H,(H,2,3). The number of hydrogen-bond donors (Lipinski definition) is 1. The Bertz CT molecular complexity index is 882. The summed E-state index contributed by atoms with van der Waals surface area (Å²) in [6.45, 7) is 4.10. The third-order valence-electron chi connectivity index (χ3n) is 4.67. The lowest BCUT2D eigenvalue weighted by Gasteiger charge is -2.21. The summed E-state index contributed by atoms with van der Waals surface area (Å²) in [5.74, 6) is 0.0535. The summed E-state index contributed by atoms with van der Waals surface area (Å²) >= 11 is 1.46. The van der Waals surface area contributed by atoms with Crippen LogP contribution in [0.25, 0.3) is 5.69 Å². The van der Waals surface area contributed by atoms with Crippen LogP contribution >= 0.6 is 11.3 Å². The highest BCUT2D eigenvalue weighted by Gasteiger charge is 2.21. The molecule has 0 bridgehead atoms. The normalized spacial score (nSPS) is 14.6. The van der Waals surface area contributed by atoms with Gasteiger partial charge in [0.05, 0.1) is 11.8 Å². The van der Waals surface area contributed by atoms with E-state index in [1.807, 2.05) is 21.0 Å². The minimum absolute atomic E-state index is 0.0535. The smallest absolute Gasteiger partial charge is 0.290 e. The van der Waals surface area contributed by atoms with Gasteiger partial charge in [0.15, 0.2) is 0 Å². The Morgan fingerprint density at radius 1 is 1.17 bits per heavy atom. The van der Waals surface area contributed by atoms with Gasteiger partial charge in [-0.2, -0.15) is 0 Å². The third-order valence-corrected chi connectivity index (χ3v) is 5.26. The van der Waals surface area contributed by atoms with Crippen molar-refractivity contribution in [3.63, 3.8) is 0 Å². The molecule has 1 aliphatic rings. The van der Waals surface area contributed by atoms with E-state index in [0.717, 1.165) is 44.8 Å². The Hall–Kier alpha value is -3.04. The van der Waals surface area contributed by atoms with Gasteiger partial charge in [-0.15, -0.1) is 11.3 Å². The van der Waals surface area contributed by atoms with Gasteiger partial charge in [0, 0.05) is 56.2 Å². The number of benzene rings is 1. The zero-order valence-electron chi connectivity index (χ0n) is 15.9. The van der Waals surface area contributed by atoms with Gasteiger partial charge in [-0.05, 0) is 24.1 Å². The van der Waals surface area contributed by atoms with Crippen molar-refractivity contribution in [2.75, 3.05) is 26.2 Å². The van der Waals surface area contributed by atoms with E-state index in [-0.39, 0.29) is 12.4 Å². The van der Waals surface area contributed by atoms with Gasteiger partial charge in [0.1, 0.15) is 5.69 Å². The molecule has 0 saturated carbocycles. The Balaban J connectivity index is 0.000000755. The molecule has 3 heterocycles. The molecule has 1 aromatic carbocycles. The molecule has 0 spiro atoms. The molecular formula is C20H23N5O3S. The first-order valence-corrected chi connectivity index (χ1v) is 10.2. The van der Waals surface area contributed by atoms with E-state index in [1.54, 1.807) is 18.0 Å². The van der Waals surface area contributed by atoms with Crippen LogP contribution in [0.1, 0.15) is 22.5 Å². The number of carbonyl (C=O) groups is 2. The first kappa shape index (κ1) is 20.7. The van der Waals surface area contributed by atoms with E-state index in [9.17, 15) is 4.79 Å². The lowest BCUT2D eigenvalue weighted by Crippen LogP contribution is -2.35. The van der Waals surface area contributed by atoms with Crippen LogP contribution < -0.4 is 0 Å². The fourth-order valence-corrected chi connectivity index (χ4v) is 3.78. The average Bonchev–Trinajstić information content (AvgIpc) is 3.41. The van der Waals surface area contributed by atoms with Gasteiger partial charge in [-0.3, -0.25) is 14.5 Å². The molecule has 9 heteroatoms. The molecule has 0 radical (unpaired) electrons. The Labute approximate surface area is 173 Å². The molecule has 0 unspecified atom stereocenters. The zero-order chi connectivity index (χ0) is 20.5. The second kappa shape index (κ2) is 10.5. The molecule has 8 nitrogen and oxygen atoms in total. The SMILES string of the molecule is O=C(c1cscn1)N1CCCN(Cc2ccc(-n3ccnc3)cc2)CC1.O=CO. The molecule has 29 heavy (non-hydrogen) atoms. The van der Waals surface area contributed by atoms with Crippen molar-refractivity contribution < 1.29 is 14.7 Å². The van der Waals surface area contributed by atoms with Crippen LogP contribution in [0, 0.1) is 0 Å². The minimum atomic E-state index is -0.250. The third kappa shape index (κ3) is 5.72. The van der Waals surface area contributed by atoms with Gasteiger partial charge >= 0.3 is 0 Å². The van der Waals surface area contributed by atoms with E-state index in [2.05, 4.69) is 39.1 Å². The second-order valence-electron chi connectivity index (χ2n) is 6.54. The number of thiazole rings is 1. The van der Waals surface area contributed by atoms with Crippen LogP contribution in [0.2, 0.25) is 0 Å². The topological polar surface area (TPSA) is 91.6 Å². The van der Waals surface area contributed by atoms with Crippen molar-refractivity contribution in [1.29, 1.82) is 0 Å². The minimum Gasteiger partial charge on any atom is -0.483 e. The van der Waals surface area contributed by atoms with Crippen molar-refractivity contribution in [2.45, 2.75) is 13.0 Å². The molecule has 1 aliphatic heterocycles. The highest BCUT2D eigenvalue weighted by Crippen LogP contribution is 2.14. The highest BCUT2D eigenvalue weighted by molar-refractivity contribution is 7.07. The summed E-state index contributed by atoms with van der Waals surface area (Å²) in [6.07, 6.45) is 6.52. The fraction of sp³-hybridized carbons (Fsp3) is 0.300. The van der Waals surface area contributed by atoms with E-state index < -0.39 is 0 Å². The molecule has 0 atom stereocenters. The quantitative estimate of drug-likeness (QED) is 0.661. The van der Waals surface area contributed by atoms with E-state index in [4.69, 9.17) is 9.90 Å². The van der Waals surface area contributed by atoms with E-state index in [0.29, 0.717) is 5.69 Å². The molecule has 1 fully saturated rings. The second-order valence-corrected chi connectivity index (χ2v) is 7.26. The molecule has 1 amide bonds. The van der Waals surface area contributed by atoms with Crippen LogP contribution in [0.4, 0.5) is 0 Å². The van der Waals surface area contributed by atoms with Crippen molar-refractivity contribution >= 4 is 23.7 Å². The van der Waals surface area contributed by atoms with Crippen molar-refractivity contribution in [3.05, 3.63) is 65.1 Å². The maximum absolute atomic E-state index is 12.5. The number of hydrogen-bond acceptors (Lipinski definition) is 6. The Kier molecular flexibility index (Phi) is 7.48. The van der Waals surface area contributed by atoms with E-state index in [1.165, 1.54) is 16.9 Å². The van der Waals surface area contributed by atoms with Gasteiger partial charge in [-0.25, -0.2) is 9.97 Å². The highest BCUT2D eigenvalue weighted by atomic mass is 32.1. The summed E-state index contributed by atoms with van der Waals surface area (Å²) in [6, 6.07) is 8.57. The monoisotopic (exact) mass is 413 g/mol. The van der Waals surface area contributed by atoms with Crippen molar-refractivity contribution in [1.82, 2.24) is 24.3 Å². The maximum atomic E-state index is 12.5. The lowest BCUT2D eigenvalue weighted by atomic mass is 10.2. The molecule has 4 rings (SSSR count). The van der Waals surface area contributed by atoms with Crippen molar-refractivity contribution in [2.24, 2.45) is 0 Å². The van der Waals surface area contributed by atoms with Crippen LogP contribution in [0.5, 0.6) is 0 Å². The zero-order valence-corrected chi connectivity index (χ0v) is 16.7. The summed E-state index contributed by atoms with van der Waals surface area (Å²) < 4.78 is 2.00. The van der Waals surface area contributed by atoms with Crippen LogP contribution in [-0.4, -0.2) is 68.0 Å². The first-order valence-electron chi connectivity index (χ1n) is 9.26. The maximum Gasteiger partial charge on any atom is 0.290 e. The van der Waals surface area contributed by atoms with Gasteiger partial charge < -0.3 is 14.6 Å². The molecule has 2 aromatic heterocycles. The predicted octanol–water partition coefficient (Wildman–Crippen LogP) is 2.38. The number of rotatable bonds is 4. The van der Waals surface area contributed by atoms with Gasteiger partial charge in [-0.1, -0.05) is 12.1 Å². The predicted molar refractivity (Wildman–Crippen MR) is 110 cm³/mol. The molecule has 0 aliphatic carbocycles. The van der Waals surface area contributed by atoms with Crippen LogP contribution in [0.15, 0.2) is 53.9 Å². The summed E-state index contributed by atoms with van der Waals surface area (Å²) in [5.41, 5.74) is 4.68. The number of aromatic nitrogens is 3. The molecule has 152 valence electrons. The van der Waals surface area contributed by atoms with Crippen LogP contribution in [0.3, 0.4) is 0 Å². The largest absolute Gasteiger partial charge is 0.483 e. The number of nitrogens with zero attached hydrogens (tertiary/aromatic N) is 5. The summed E-state index contributed by atoms with van der Waals surface area (Å²) in [5, 5.41) is 8.72. The molecule has 3 aromatic rings. The Morgan fingerprint density at radius 3 is 2.62 bits per heavy atom.